The Balaban J connectivity index is 3.77. The van der Waals surface area contributed by atoms with Crippen LogP contribution in [0.5, 0.6) is 0 Å². The number of carboxylic acids is 1. The minimum Gasteiger partial charge on any atom is -0.481 e. The molecule has 5 nitrogen and oxygen atoms in total. The van der Waals surface area contributed by atoms with Gasteiger partial charge >= 0.3 is 12.0 Å². The maximum Gasteiger partial charge on any atom is 0.314 e. The van der Waals surface area contributed by atoms with Crippen LogP contribution in [0.1, 0.15) is 60.3 Å². The fraction of sp³-hybridized carbons (Fsp3) is 0.867. The van der Waals surface area contributed by atoms with Gasteiger partial charge in [0.2, 0.25) is 0 Å². The molecule has 0 atom stereocenters. The number of rotatable bonds is 8. The molecule has 0 heterocycles. The number of carbonyl (C=O) groups excluding carboxylic acids is 1. The van der Waals surface area contributed by atoms with Gasteiger partial charge < -0.3 is 15.7 Å². The van der Waals surface area contributed by atoms with Gasteiger partial charge in [0, 0.05) is 19.5 Å². The Kier molecular flexibility index (Phi) is 7.61. The number of nitrogens with one attached hydrogen (secondary N) is 2. The predicted octanol–water partition coefficient (Wildman–Crippen LogP) is 3.00. The van der Waals surface area contributed by atoms with E-state index in [9.17, 15) is 9.59 Å². The molecule has 0 spiro atoms. The van der Waals surface area contributed by atoms with Gasteiger partial charge in [0.05, 0.1) is 0 Å². The average Bonchev–Trinajstić information content (AvgIpc) is 2.24. The zero-order valence-corrected chi connectivity index (χ0v) is 13.5. The van der Waals surface area contributed by atoms with Gasteiger partial charge in [-0.15, -0.1) is 0 Å². The maximum absolute atomic E-state index is 11.6. The lowest BCUT2D eigenvalue weighted by Gasteiger charge is -2.24. The highest BCUT2D eigenvalue weighted by molar-refractivity contribution is 5.73. The molecule has 0 fully saturated rings. The average molecular weight is 286 g/mol. The van der Waals surface area contributed by atoms with Gasteiger partial charge in [-0.1, -0.05) is 34.6 Å². The van der Waals surface area contributed by atoms with E-state index in [-0.39, 0.29) is 23.3 Å². The van der Waals surface area contributed by atoms with Crippen LogP contribution in [0.15, 0.2) is 0 Å². The van der Waals surface area contributed by atoms with Gasteiger partial charge in [0.15, 0.2) is 0 Å². The molecule has 3 N–H and O–H groups in total. The van der Waals surface area contributed by atoms with E-state index in [0.717, 1.165) is 12.8 Å². The van der Waals surface area contributed by atoms with E-state index in [4.69, 9.17) is 5.11 Å². The van der Waals surface area contributed by atoms with Gasteiger partial charge in [-0.25, -0.2) is 4.79 Å². The summed E-state index contributed by atoms with van der Waals surface area (Å²) in [4.78, 5) is 22.1. The number of amides is 2. The first-order valence-corrected chi connectivity index (χ1v) is 7.25. The second kappa shape index (κ2) is 8.12. The highest BCUT2D eigenvalue weighted by Crippen LogP contribution is 2.25. The molecule has 0 aliphatic heterocycles. The third kappa shape index (κ3) is 11.8. The maximum atomic E-state index is 11.6. The summed E-state index contributed by atoms with van der Waals surface area (Å²) in [6.45, 7) is 11.7. The van der Waals surface area contributed by atoms with Crippen LogP contribution < -0.4 is 10.6 Å². The van der Waals surface area contributed by atoms with Crippen molar-refractivity contribution < 1.29 is 14.7 Å². The van der Waals surface area contributed by atoms with E-state index < -0.39 is 5.97 Å². The van der Waals surface area contributed by atoms with Crippen molar-refractivity contribution in [1.29, 1.82) is 0 Å². The van der Waals surface area contributed by atoms with Crippen LogP contribution >= 0.6 is 0 Å². The molecule has 0 saturated heterocycles. The molecule has 0 aromatic carbocycles. The molecule has 0 radical (unpaired) electrons. The zero-order chi connectivity index (χ0) is 15.8. The molecule has 0 unspecified atom stereocenters. The Hall–Kier alpha value is -1.26. The predicted molar refractivity (Wildman–Crippen MR) is 80.7 cm³/mol. The Morgan fingerprint density at radius 1 is 0.900 bits per heavy atom. The summed E-state index contributed by atoms with van der Waals surface area (Å²) in [5.41, 5.74) is 0.142. The number of carbonyl (C=O) groups is 2. The van der Waals surface area contributed by atoms with E-state index in [1.54, 1.807) is 0 Å². The molecule has 0 aromatic heterocycles. The summed E-state index contributed by atoms with van der Waals surface area (Å²) in [6.07, 6.45) is 2.50. The Labute approximate surface area is 122 Å². The van der Waals surface area contributed by atoms with Crippen molar-refractivity contribution in [1.82, 2.24) is 10.6 Å². The number of aliphatic carboxylic acids is 1. The van der Waals surface area contributed by atoms with E-state index >= 15 is 0 Å². The summed E-state index contributed by atoms with van der Waals surface area (Å²) in [5.74, 6) is -0.772. The van der Waals surface area contributed by atoms with E-state index in [1.165, 1.54) is 0 Å². The van der Waals surface area contributed by atoms with E-state index in [2.05, 4.69) is 31.4 Å². The molecule has 20 heavy (non-hydrogen) atoms. The van der Waals surface area contributed by atoms with Gasteiger partial charge in [-0.3, -0.25) is 4.79 Å². The minimum atomic E-state index is -0.772. The van der Waals surface area contributed by atoms with E-state index in [1.807, 2.05) is 13.8 Å². The Bertz CT molecular complexity index is 320. The lowest BCUT2D eigenvalue weighted by Crippen LogP contribution is -2.38. The molecule has 0 bridgehead atoms. The van der Waals surface area contributed by atoms with Crippen LogP contribution in [0.25, 0.3) is 0 Å². The molecule has 0 rings (SSSR count). The van der Waals surface area contributed by atoms with Crippen molar-refractivity contribution in [3.8, 4) is 0 Å². The smallest absolute Gasteiger partial charge is 0.314 e. The van der Waals surface area contributed by atoms with Crippen LogP contribution in [0.4, 0.5) is 4.79 Å². The highest BCUT2D eigenvalue weighted by atomic mass is 16.4. The third-order valence-corrected chi connectivity index (χ3v) is 3.26. The molecule has 2 amide bonds. The second-order valence-electron chi connectivity index (χ2n) is 7.30. The van der Waals surface area contributed by atoms with Crippen molar-refractivity contribution in [3.05, 3.63) is 0 Å². The van der Waals surface area contributed by atoms with Crippen molar-refractivity contribution in [3.63, 3.8) is 0 Å². The first-order valence-electron chi connectivity index (χ1n) is 7.25. The van der Waals surface area contributed by atoms with Gasteiger partial charge in [0.25, 0.3) is 0 Å². The lowest BCUT2D eigenvalue weighted by molar-refractivity contribution is -0.137. The normalized spacial score (nSPS) is 12.1. The molecule has 0 saturated carbocycles. The highest BCUT2D eigenvalue weighted by Gasteiger charge is 2.19. The topological polar surface area (TPSA) is 78.4 Å². The van der Waals surface area contributed by atoms with E-state index in [0.29, 0.717) is 19.5 Å². The second-order valence-corrected chi connectivity index (χ2v) is 7.30. The van der Waals surface area contributed by atoms with Crippen molar-refractivity contribution in [2.45, 2.75) is 60.3 Å². The molecular formula is C15H30N2O3. The molecular weight excluding hydrogens is 256 g/mol. The van der Waals surface area contributed by atoms with Crippen LogP contribution in [-0.2, 0) is 4.79 Å². The fourth-order valence-electron chi connectivity index (χ4n) is 1.70. The molecule has 0 aliphatic carbocycles. The first kappa shape index (κ1) is 18.7. The van der Waals surface area contributed by atoms with Crippen molar-refractivity contribution in [2.75, 3.05) is 13.1 Å². The summed E-state index contributed by atoms with van der Waals surface area (Å²) >= 11 is 0. The number of hydrogen-bond acceptors (Lipinski definition) is 2. The van der Waals surface area contributed by atoms with Crippen LogP contribution in [-0.4, -0.2) is 30.2 Å². The lowest BCUT2D eigenvalue weighted by atomic mass is 9.84. The van der Waals surface area contributed by atoms with Crippen molar-refractivity contribution >= 4 is 12.0 Å². The third-order valence-electron chi connectivity index (χ3n) is 3.26. The standard InChI is InChI=1S/C15H30N2O3/c1-14(2,3)8-10-16-13(20)17-11-9-15(4,5)7-6-12(18)19/h6-11H2,1-5H3,(H,18,19)(H2,16,17,20). The summed E-state index contributed by atoms with van der Waals surface area (Å²) in [6, 6.07) is -0.150. The number of urea groups is 1. The number of hydrogen-bond donors (Lipinski definition) is 3. The Morgan fingerprint density at radius 2 is 1.40 bits per heavy atom. The largest absolute Gasteiger partial charge is 0.481 e. The van der Waals surface area contributed by atoms with Gasteiger partial charge in [-0.2, -0.15) is 0 Å². The summed E-state index contributed by atoms with van der Waals surface area (Å²) in [7, 11) is 0. The molecule has 118 valence electrons. The number of carboxylic acid groups (broad SMARTS) is 1. The first-order chi connectivity index (χ1) is 9.02. The monoisotopic (exact) mass is 286 g/mol. The molecule has 0 aromatic rings. The zero-order valence-electron chi connectivity index (χ0n) is 13.5. The van der Waals surface area contributed by atoms with Crippen LogP contribution in [0, 0.1) is 10.8 Å². The molecule has 0 aliphatic rings. The van der Waals surface area contributed by atoms with Crippen LogP contribution in [0.3, 0.4) is 0 Å². The SMILES string of the molecule is CC(C)(C)CCNC(=O)NCCC(C)(C)CCC(=O)O. The van der Waals surface area contributed by atoms with Crippen molar-refractivity contribution in [2.24, 2.45) is 10.8 Å². The Morgan fingerprint density at radius 3 is 1.85 bits per heavy atom. The van der Waals surface area contributed by atoms with Gasteiger partial charge in [0.1, 0.15) is 0 Å². The fourth-order valence-corrected chi connectivity index (χ4v) is 1.70. The quantitative estimate of drug-likeness (QED) is 0.642. The summed E-state index contributed by atoms with van der Waals surface area (Å²) in [5, 5.41) is 14.3. The summed E-state index contributed by atoms with van der Waals surface area (Å²) < 4.78 is 0. The minimum absolute atomic E-state index is 0.0723. The van der Waals surface area contributed by atoms with Crippen LogP contribution in [0.2, 0.25) is 0 Å². The van der Waals surface area contributed by atoms with Gasteiger partial charge in [-0.05, 0) is 30.1 Å². The molecule has 5 heteroatoms.